The predicted molar refractivity (Wildman–Crippen MR) is 155 cm³/mol. The van der Waals surface area contributed by atoms with E-state index in [9.17, 15) is 27.6 Å². The lowest BCUT2D eigenvalue weighted by Crippen LogP contribution is -2.49. The van der Waals surface area contributed by atoms with Crippen LogP contribution in [0.2, 0.25) is 0 Å². The van der Waals surface area contributed by atoms with Gasteiger partial charge < -0.3 is 14.4 Å². The fourth-order valence-corrected chi connectivity index (χ4v) is 6.05. The van der Waals surface area contributed by atoms with Crippen LogP contribution in [-0.2, 0) is 22.3 Å². The van der Waals surface area contributed by atoms with Crippen LogP contribution in [0.1, 0.15) is 50.3 Å². The van der Waals surface area contributed by atoms with Crippen molar-refractivity contribution in [1.29, 1.82) is 0 Å². The van der Waals surface area contributed by atoms with E-state index in [4.69, 9.17) is 9.47 Å². The van der Waals surface area contributed by atoms with Gasteiger partial charge in [0.15, 0.2) is 0 Å². The first-order chi connectivity index (χ1) is 20.2. The van der Waals surface area contributed by atoms with Crippen LogP contribution >= 0.6 is 11.8 Å². The van der Waals surface area contributed by atoms with Crippen molar-refractivity contribution < 1.29 is 37.0 Å². The van der Waals surface area contributed by atoms with E-state index < -0.39 is 23.4 Å². The number of ether oxygens (including phenoxy) is 2. The molecular formula is C30H31F3N4O5S. The number of carbonyl (C=O) groups is 3. The van der Waals surface area contributed by atoms with Crippen molar-refractivity contribution >= 4 is 46.0 Å². The average Bonchev–Trinajstić information content (AvgIpc) is 3.46. The molecule has 0 aliphatic carbocycles. The van der Waals surface area contributed by atoms with Crippen molar-refractivity contribution in [1.82, 2.24) is 19.6 Å². The van der Waals surface area contributed by atoms with E-state index in [2.05, 4.69) is 5.10 Å². The van der Waals surface area contributed by atoms with E-state index in [0.717, 1.165) is 17.8 Å². The van der Waals surface area contributed by atoms with Crippen molar-refractivity contribution in [3.8, 4) is 5.75 Å². The molecule has 0 radical (unpaired) electrons. The summed E-state index contributed by atoms with van der Waals surface area (Å²) >= 11 is 0.860. The first-order valence-corrected chi connectivity index (χ1v) is 14.5. The number of amides is 3. The highest BCUT2D eigenvalue weighted by atomic mass is 32.2. The smallest absolute Gasteiger partial charge is 0.416 e. The van der Waals surface area contributed by atoms with E-state index >= 15 is 0 Å². The summed E-state index contributed by atoms with van der Waals surface area (Å²) in [5, 5.41) is 4.60. The Kier molecular flexibility index (Phi) is 8.21. The second-order valence-corrected chi connectivity index (χ2v) is 12.4. The Morgan fingerprint density at radius 1 is 1.09 bits per heavy atom. The number of nitrogens with zero attached hydrogens (tertiary/aromatic N) is 4. The van der Waals surface area contributed by atoms with Crippen LogP contribution in [0.4, 0.5) is 22.8 Å². The Morgan fingerprint density at radius 3 is 2.47 bits per heavy atom. The number of thioether (sulfide) groups is 1. The van der Waals surface area contributed by atoms with Crippen molar-refractivity contribution in [2.45, 2.75) is 58.0 Å². The quantitative estimate of drug-likeness (QED) is 0.300. The normalized spacial score (nSPS) is 17.8. The molecule has 13 heteroatoms. The van der Waals surface area contributed by atoms with Crippen molar-refractivity contribution in [3.63, 3.8) is 0 Å². The van der Waals surface area contributed by atoms with Gasteiger partial charge in [-0.3, -0.25) is 19.2 Å². The lowest BCUT2D eigenvalue weighted by Gasteiger charge is -2.36. The van der Waals surface area contributed by atoms with Crippen LogP contribution in [0.25, 0.3) is 17.0 Å². The minimum atomic E-state index is -4.56. The highest BCUT2D eigenvalue weighted by Gasteiger charge is 2.41. The number of imide groups is 1. The number of rotatable bonds is 5. The minimum absolute atomic E-state index is 0.0491. The predicted octanol–water partition coefficient (Wildman–Crippen LogP) is 6.55. The number of halogens is 3. The largest absolute Gasteiger partial charge is 0.497 e. The van der Waals surface area contributed by atoms with Gasteiger partial charge in [-0.25, -0.2) is 4.79 Å². The van der Waals surface area contributed by atoms with Crippen LogP contribution in [0.15, 0.2) is 47.5 Å². The summed E-state index contributed by atoms with van der Waals surface area (Å²) in [4.78, 5) is 41.6. The van der Waals surface area contributed by atoms with Gasteiger partial charge in [0, 0.05) is 24.5 Å². The van der Waals surface area contributed by atoms with E-state index in [1.54, 1.807) is 56.1 Å². The number of methoxy groups -OCH3 is 1. The molecule has 0 saturated carbocycles. The van der Waals surface area contributed by atoms with Crippen LogP contribution in [0, 0.1) is 0 Å². The van der Waals surface area contributed by atoms with Gasteiger partial charge >= 0.3 is 12.3 Å². The number of aromatic nitrogens is 2. The zero-order valence-corrected chi connectivity index (χ0v) is 24.9. The van der Waals surface area contributed by atoms with Crippen LogP contribution in [-0.4, -0.2) is 68.7 Å². The van der Waals surface area contributed by atoms with Crippen molar-refractivity contribution in [3.05, 3.63) is 64.2 Å². The van der Waals surface area contributed by atoms with E-state index in [-0.39, 0.29) is 40.0 Å². The number of carbonyl (C=O) groups excluding carboxylic acids is 3. The molecule has 0 unspecified atom stereocenters. The maximum atomic E-state index is 13.7. The second-order valence-electron chi connectivity index (χ2n) is 11.4. The molecule has 2 saturated heterocycles. The summed E-state index contributed by atoms with van der Waals surface area (Å²) in [5.41, 5.74) is -0.0879. The standard InChI is InChI=1S/C30H31F3N4O5S/c1-29(2,3)42-27(39)35-11-9-21(10-12-35)37-26(38)25(43-28(37)40)14-18-5-8-24-20(13-18)16-34-36(24)17-19-6-7-22(41-4)15-23(19)30(31,32)33/h5-8,13-16,21H,9-12,17H2,1-4H3. The van der Waals surface area contributed by atoms with Gasteiger partial charge in [0.05, 0.1) is 35.8 Å². The SMILES string of the molecule is COc1ccc(Cn2ncc3cc(C=C4SC(=O)N(C5CCN(C(=O)OC(C)(C)C)CC5)C4=O)ccc32)c(C(F)(F)F)c1. The van der Waals surface area contributed by atoms with E-state index in [1.807, 2.05) is 0 Å². The van der Waals surface area contributed by atoms with Gasteiger partial charge in [0.2, 0.25) is 0 Å². The molecule has 228 valence electrons. The van der Waals surface area contributed by atoms with Gasteiger partial charge in [-0.15, -0.1) is 0 Å². The Morgan fingerprint density at radius 2 is 1.81 bits per heavy atom. The van der Waals surface area contributed by atoms with Crippen LogP contribution in [0.5, 0.6) is 5.75 Å². The third kappa shape index (κ3) is 6.66. The molecule has 2 aromatic carbocycles. The molecule has 3 heterocycles. The van der Waals surface area contributed by atoms with E-state index in [1.165, 1.54) is 28.8 Å². The Labute approximate surface area is 250 Å². The first-order valence-electron chi connectivity index (χ1n) is 13.7. The number of alkyl halides is 3. The van der Waals surface area contributed by atoms with E-state index in [0.29, 0.717) is 42.4 Å². The molecule has 0 N–H and O–H groups in total. The highest BCUT2D eigenvalue weighted by molar-refractivity contribution is 8.18. The molecule has 43 heavy (non-hydrogen) atoms. The summed E-state index contributed by atoms with van der Waals surface area (Å²) in [7, 11) is 1.31. The Hall–Kier alpha value is -4.00. The topological polar surface area (TPSA) is 94.0 Å². The Bertz CT molecular complexity index is 1600. The molecule has 3 aromatic rings. The van der Waals surface area contributed by atoms with Gasteiger partial charge in [0.1, 0.15) is 11.4 Å². The number of likely N-dealkylation sites (tertiary alicyclic amines) is 1. The number of hydrogen-bond acceptors (Lipinski definition) is 7. The molecule has 0 bridgehead atoms. The average molecular weight is 617 g/mol. The zero-order chi connectivity index (χ0) is 31.1. The highest BCUT2D eigenvalue weighted by Crippen LogP contribution is 2.37. The molecule has 3 amide bonds. The lowest BCUT2D eigenvalue weighted by atomic mass is 10.0. The second kappa shape index (κ2) is 11.6. The van der Waals surface area contributed by atoms with Crippen LogP contribution < -0.4 is 4.74 Å². The summed E-state index contributed by atoms with van der Waals surface area (Å²) in [6.07, 6.45) is -0.877. The number of hydrogen-bond donors (Lipinski definition) is 0. The first kappa shape index (κ1) is 30.5. The fourth-order valence-electron chi connectivity index (χ4n) is 5.15. The lowest BCUT2D eigenvalue weighted by molar-refractivity contribution is -0.138. The number of benzene rings is 2. The summed E-state index contributed by atoms with van der Waals surface area (Å²) in [6.45, 7) is 6.04. The zero-order valence-electron chi connectivity index (χ0n) is 24.1. The molecule has 2 aliphatic rings. The van der Waals surface area contributed by atoms with Gasteiger partial charge in [-0.1, -0.05) is 12.1 Å². The molecule has 5 rings (SSSR count). The minimum Gasteiger partial charge on any atom is -0.497 e. The van der Waals surface area contributed by atoms with Gasteiger partial charge in [-0.2, -0.15) is 18.3 Å². The monoisotopic (exact) mass is 616 g/mol. The molecule has 9 nitrogen and oxygen atoms in total. The third-order valence-electron chi connectivity index (χ3n) is 7.21. The van der Waals surface area contributed by atoms with Crippen molar-refractivity contribution in [2.75, 3.05) is 20.2 Å². The molecule has 1 aromatic heterocycles. The molecule has 2 fully saturated rings. The van der Waals surface area contributed by atoms with Gasteiger partial charge in [0.25, 0.3) is 11.1 Å². The number of fused-ring (bicyclic) bond motifs is 1. The van der Waals surface area contributed by atoms with Crippen molar-refractivity contribution in [2.24, 2.45) is 0 Å². The third-order valence-corrected chi connectivity index (χ3v) is 8.09. The van der Waals surface area contributed by atoms with Gasteiger partial charge in [-0.05, 0) is 86.8 Å². The number of piperidine rings is 1. The summed E-state index contributed by atoms with van der Waals surface area (Å²) in [6, 6.07) is 8.72. The molecule has 0 spiro atoms. The molecular weight excluding hydrogens is 585 g/mol. The van der Waals surface area contributed by atoms with Crippen LogP contribution in [0.3, 0.4) is 0 Å². The molecule has 2 aliphatic heterocycles. The Balaban J connectivity index is 1.29. The maximum Gasteiger partial charge on any atom is 0.416 e. The summed E-state index contributed by atoms with van der Waals surface area (Å²) < 4.78 is 52.9. The maximum absolute atomic E-state index is 13.7. The fraction of sp³-hybridized carbons (Fsp3) is 0.400. The summed E-state index contributed by atoms with van der Waals surface area (Å²) in [5.74, 6) is -0.276. The molecule has 0 atom stereocenters.